The number of carbonyl (C=O) groups is 2. The number of nitrogens with one attached hydrogen (secondary N) is 2. The molecule has 0 fully saturated rings. The van der Waals surface area contributed by atoms with Gasteiger partial charge in [-0.2, -0.15) is 5.10 Å². The summed E-state index contributed by atoms with van der Waals surface area (Å²) in [6.07, 6.45) is 0. The molecule has 0 saturated carbocycles. The van der Waals surface area contributed by atoms with Crippen molar-refractivity contribution < 1.29 is 14.3 Å². The molecular formula is C22H22N4O3. The van der Waals surface area contributed by atoms with Gasteiger partial charge in [-0.1, -0.05) is 42.5 Å². The van der Waals surface area contributed by atoms with Gasteiger partial charge in [0, 0.05) is 0 Å². The molecule has 0 saturated heterocycles. The van der Waals surface area contributed by atoms with E-state index in [0.29, 0.717) is 29.4 Å². The van der Waals surface area contributed by atoms with E-state index in [1.807, 2.05) is 48.9 Å². The number of fused-ring (bicyclic) bond motifs is 1. The smallest absolute Gasteiger partial charge is 0.278 e. The molecule has 3 aromatic rings. The Balaban J connectivity index is 1.58. The van der Waals surface area contributed by atoms with Crippen LogP contribution < -0.4 is 15.4 Å². The second-order valence-electron chi connectivity index (χ2n) is 7.23. The van der Waals surface area contributed by atoms with Crippen LogP contribution in [0.1, 0.15) is 23.9 Å². The maximum atomic E-state index is 13.0. The van der Waals surface area contributed by atoms with Crippen molar-refractivity contribution in [3.8, 4) is 5.75 Å². The number of benzene rings is 2. The Morgan fingerprint density at radius 3 is 2.59 bits per heavy atom. The normalized spacial score (nSPS) is 17.8. The molecule has 1 aliphatic heterocycles. The van der Waals surface area contributed by atoms with Gasteiger partial charge in [-0.3, -0.25) is 14.3 Å². The molecule has 1 aliphatic rings. The first-order valence-electron chi connectivity index (χ1n) is 9.37. The maximum absolute atomic E-state index is 13.0. The van der Waals surface area contributed by atoms with E-state index in [0.717, 1.165) is 11.3 Å². The molecule has 2 heterocycles. The quantitative estimate of drug-likeness (QED) is 0.670. The van der Waals surface area contributed by atoms with Crippen LogP contribution in [-0.2, 0) is 16.1 Å². The highest BCUT2D eigenvalue weighted by Gasteiger charge is 2.47. The Kier molecular flexibility index (Phi) is 4.58. The third-order valence-corrected chi connectivity index (χ3v) is 5.11. The summed E-state index contributed by atoms with van der Waals surface area (Å²) in [5, 5.41) is 10.1. The van der Waals surface area contributed by atoms with E-state index in [9.17, 15) is 9.59 Å². The molecule has 0 unspecified atom stereocenters. The summed E-state index contributed by atoms with van der Waals surface area (Å²) in [5.74, 6) is -0.603. The Labute approximate surface area is 168 Å². The summed E-state index contributed by atoms with van der Waals surface area (Å²) in [6.45, 7) is 5.76. The molecule has 0 aliphatic carbocycles. The highest BCUT2D eigenvalue weighted by atomic mass is 16.5. The highest BCUT2D eigenvalue weighted by molar-refractivity contribution is 6.19. The zero-order valence-corrected chi connectivity index (χ0v) is 16.5. The van der Waals surface area contributed by atoms with Gasteiger partial charge in [0.15, 0.2) is 0 Å². The average Bonchev–Trinajstić information content (AvgIpc) is 2.97. The number of hydrogen-bond donors (Lipinski definition) is 2. The number of amides is 2. The predicted octanol–water partition coefficient (Wildman–Crippen LogP) is 3.28. The lowest BCUT2D eigenvalue weighted by Gasteiger charge is -2.33. The topological polar surface area (TPSA) is 85.2 Å². The van der Waals surface area contributed by atoms with Crippen LogP contribution in [0.4, 0.5) is 11.4 Å². The number of hydrogen-bond acceptors (Lipinski definition) is 4. The minimum absolute atomic E-state index is 0.456. The lowest BCUT2D eigenvalue weighted by atomic mass is 10.0. The molecule has 0 radical (unpaired) electrons. The Bertz CT molecular complexity index is 1090. The van der Waals surface area contributed by atoms with E-state index in [4.69, 9.17) is 4.74 Å². The number of ether oxygens (including phenoxy) is 1. The van der Waals surface area contributed by atoms with E-state index in [-0.39, 0.29) is 0 Å². The van der Waals surface area contributed by atoms with Gasteiger partial charge in [-0.15, -0.1) is 0 Å². The van der Waals surface area contributed by atoms with Gasteiger partial charge < -0.3 is 15.4 Å². The third kappa shape index (κ3) is 3.35. The van der Waals surface area contributed by atoms with Crippen LogP contribution in [0.2, 0.25) is 0 Å². The first-order valence-corrected chi connectivity index (χ1v) is 9.37. The molecule has 2 aromatic carbocycles. The second-order valence-corrected chi connectivity index (χ2v) is 7.23. The fourth-order valence-electron chi connectivity index (χ4n) is 3.34. The van der Waals surface area contributed by atoms with Crippen LogP contribution >= 0.6 is 0 Å². The minimum atomic E-state index is -1.69. The van der Waals surface area contributed by atoms with Crippen LogP contribution in [0.3, 0.4) is 0 Å². The first-order chi connectivity index (χ1) is 13.9. The van der Waals surface area contributed by atoms with Crippen LogP contribution in [0.5, 0.6) is 5.75 Å². The highest BCUT2D eigenvalue weighted by Crippen LogP contribution is 2.34. The zero-order valence-electron chi connectivity index (χ0n) is 16.5. The summed E-state index contributed by atoms with van der Waals surface area (Å²) < 4.78 is 7.63. The first kappa shape index (κ1) is 18.7. The molecule has 29 heavy (non-hydrogen) atoms. The van der Waals surface area contributed by atoms with Gasteiger partial charge >= 0.3 is 0 Å². The van der Waals surface area contributed by atoms with E-state index in [1.165, 1.54) is 6.92 Å². The van der Waals surface area contributed by atoms with E-state index < -0.39 is 17.4 Å². The van der Waals surface area contributed by atoms with Crippen LogP contribution in [0, 0.1) is 13.8 Å². The molecule has 7 nitrogen and oxygen atoms in total. The van der Waals surface area contributed by atoms with Crippen molar-refractivity contribution in [1.82, 2.24) is 9.78 Å². The molecule has 0 bridgehead atoms. The van der Waals surface area contributed by atoms with Crippen molar-refractivity contribution in [2.24, 2.45) is 0 Å². The zero-order chi connectivity index (χ0) is 20.6. The van der Waals surface area contributed by atoms with Gasteiger partial charge in [0.05, 0.1) is 29.3 Å². The monoisotopic (exact) mass is 390 g/mol. The summed E-state index contributed by atoms with van der Waals surface area (Å²) in [4.78, 5) is 25.7. The van der Waals surface area contributed by atoms with E-state index in [1.54, 1.807) is 24.3 Å². The van der Waals surface area contributed by atoms with Crippen molar-refractivity contribution in [3.05, 3.63) is 71.5 Å². The molecule has 1 atom stereocenters. The number of aromatic nitrogens is 2. The summed E-state index contributed by atoms with van der Waals surface area (Å²) in [6, 6.07) is 17.0. The fourth-order valence-corrected chi connectivity index (χ4v) is 3.34. The molecule has 0 spiro atoms. The lowest BCUT2D eigenvalue weighted by molar-refractivity contribution is -0.143. The number of aryl methyl sites for hydroxylation is 1. The summed E-state index contributed by atoms with van der Waals surface area (Å²) in [7, 11) is 0. The lowest BCUT2D eigenvalue weighted by Crippen LogP contribution is -2.56. The average molecular weight is 390 g/mol. The van der Waals surface area contributed by atoms with E-state index >= 15 is 0 Å². The van der Waals surface area contributed by atoms with Gasteiger partial charge in [0.1, 0.15) is 5.75 Å². The van der Waals surface area contributed by atoms with Crippen LogP contribution in [-0.4, -0.2) is 27.2 Å². The van der Waals surface area contributed by atoms with Crippen LogP contribution in [0.25, 0.3) is 0 Å². The van der Waals surface area contributed by atoms with E-state index in [2.05, 4.69) is 15.7 Å². The van der Waals surface area contributed by atoms with Crippen molar-refractivity contribution in [2.75, 3.05) is 10.6 Å². The molecule has 1 aromatic heterocycles. The van der Waals surface area contributed by atoms with Crippen molar-refractivity contribution >= 4 is 23.2 Å². The van der Waals surface area contributed by atoms with Crippen molar-refractivity contribution in [2.45, 2.75) is 32.9 Å². The van der Waals surface area contributed by atoms with Gasteiger partial charge in [-0.25, -0.2) is 0 Å². The van der Waals surface area contributed by atoms with Gasteiger partial charge in [-0.05, 0) is 38.5 Å². The number of nitrogens with zero attached hydrogens (tertiary/aromatic N) is 2. The Hall–Kier alpha value is -3.61. The maximum Gasteiger partial charge on any atom is 0.278 e. The van der Waals surface area contributed by atoms with Gasteiger partial charge in [0.25, 0.3) is 17.4 Å². The van der Waals surface area contributed by atoms with Crippen molar-refractivity contribution in [3.63, 3.8) is 0 Å². The Morgan fingerprint density at radius 2 is 1.83 bits per heavy atom. The standard InChI is InChI=1S/C22H22N4O3/c1-14-19(15(2)26(25-14)13-16-9-5-4-6-10-16)24-21(28)22(3)20(27)23-17-11-7-8-12-18(17)29-22/h4-12H,13H2,1-3H3,(H,23,27)(H,24,28)/t22-/m1/s1. The van der Waals surface area contributed by atoms with Crippen molar-refractivity contribution in [1.29, 1.82) is 0 Å². The molecule has 4 rings (SSSR count). The third-order valence-electron chi connectivity index (χ3n) is 5.11. The molecule has 148 valence electrons. The fraction of sp³-hybridized carbons (Fsp3) is 0.227. The Morgan fingerprint density at radius 1 is 1.14 bits per heavy atom. The molecular weight excluding hydrogens is 368 g/mol. The largest absolute Gasteiger partial charge is 0.466 e. The second kappa shape index (κ2) is 7.09. The van der Waals surface area contributed by atoms with Crippen LogP contribution in [0.15, 0.2) is 54.6 Å². The summed E-state index contributed by atoms with van der Waals surface area (Å²) in [5.41, 5.74) is 2.03. The minimum Gasteiger partial charge on any atom is -0.466 e. The summed E-state index contributed by atoms with van der Waals surface area (Å²) >= 11 is 0. The van der Waals surface area contributed by atoms with Gasteiger partial charge in [0.2, 0.25) is 0 Å². The number of anilines is 2. The number of rotatable bonds is 4. The number of para-hydroxylation sites is 2. The SMILES string of the molecule is Cc1nn(Cc2ccccc2)c(C)c1NC(=O)[C@]1(C)Oc2ccccc2NC1=O. The number of carbonyl (C=O) groups excluding carboxylic acids is 2. The molecule has 7 heteroatoms. The molecule has 2 N–H and O–H groups in total. The molecule has 2 amide bonds. The predicted molar refractivity (Wildman–Crippen MR) is 110 cm³/mol.